The van der Waals surface area contributed by atoms with Gasteiger partial charge in [-0.25, -0.2) is 8.78 Å². The van der Waals surface area contributed by atoms with E-state index in [-0.39, 0.29) is 6.04 Å². The zero-order valence-electron chi connectivity index (χ0n) is 12.0. The summed E-state index contributed by atoms with van der Waals surface area (Å²) in [7, 11) is 0. The number of hydrogen-bond acceptors (Lipinski definition) is 2. The molecule has 1 unspecified atom stereocenters. The Kier molecular flexibility index (Phi) is 6.30. The highest BCUT2D eigenvalue weighted by Crippen LogP contribution is 2.32. The fraction of sp³-hybridized carbons (Fsp3) is 0.625. The first-order chi connectivity index (χ1) is 9.69. The monoisotopic (exact) mass is 299 g/mol. The Morgan fingerprint density at radius 1 is 1.20 bits per heavy atom. The van der Waals surface area contributed by atoms with E-state index in [1.807, 2.05) is 11.8 Å². The van der Waals surface area contributed by atoms with E-state index >= 15 is 0 Å². The van der Waals surface area contributed by atoms with Crippen LogP contribution in [-0.2, 0) is 0 Å². The molecule has 2 rings (SSSR count). The first kappa shape index (κ1) is 15.8. The van der Waals surface area contributed by atoms with E-state index in [2.05, 4.69) is 12.2 Å². The third-order valence-corrected chi connectivity index (χ3v) is 5.20. The van der Waals surface area contributed by atoms with Crippen molar-refractivity contribution in [2.24, 2.45) is 0 Å². The zero-order valence-corrected chi connectivity index (χ0v) is 12.8. The summed E-state index contributed by atoms with van der Waals surface area (Å²) in [5, 5.41) is 4.13. The molecule has 20 heavy (non-hydrogen) atoms. The molecule has 0 aliphatic heterocycles. The maximum absolute atomic E-state index is 13.4. The number of nitrogens with one attached hydrogen (secondary N) is 1. The average molecular weight is 299 g/mol. The van der Waals surface area contributed by atoms with Gasteiger partial charge in [0.05, 0.1) is 0 Å². The quantitative estimate of drug-likeness (QED) is 0.784. The Labute approximate surface area is 124 Å². The van der Waals surface area contributed by atoms with Crippen LogP contribution in [-0.4, -0.2) is 17.5 Å². The highest BCUT2D eigenvalue weighted by atomic mass is 32.2. The van der Waals surface area contributed by atoms with Crippen LogP contribution in [0.3, 0.4) is 0 Å². The Balaban J connectivity index is 2.00. The molecule has 0 radical (unpaired) electrons. The summed E-state index contributed by atoms with van der Waals surface area (Å²) in [6, 6.07) is 3.87. The first-order valence-electron chi connectivity index (χ1n) is 7.50. The molecule has 1 nitrogen and oxygen atoms in total. The highest BCUT2D eigenvalue weighted by molar-refractivity contribution is 7.99. The fourth-order valence-corrected chi connectivity index (χ4v) is 4.10. The predicted molar refractivity (Wildman–Crippen MR) is 82.1 cm³/mol. The minimum absolute atomic E-state index is 0.0331. The van der Waals surface area contributed by atoms with Gasteiger partial charge < -0.3 is 5.32 Å². The summed E-state index contributed by atoms with van der Waals surface area (Å²) in [6.07, 6.45) is 6.21. The van der Waals surface area contributed by atoms with Gasteiger partial charge in [-0.05, 0) is 43.5 Å². The van der Waals surface area contributed by atoms with Crippen molar-refractivity contribution in [2.75, 3.05) is 12.3 Å². The lowest BCUT2D eigenvalue weighted by molar-refractivity contribution is 0.548. The lowest BCUT2D eigenvalue weighted by Crippen LogP contribution is -2.25. The van der Waals surface area contributed by atoms with Gasteiger partial charge in [0.1, 0.15) is 11.6 Å². The molecule has 1 saturated carbocycles. The zero-order chi connectivity index (χ0) is 14.4. The third kappa shape index (κ3) is 4.74. The second-order valence-corrected chi connectivity index (χ2v) is 6.78. The van der Waals surface area contributed by atoms with E-state index < -0.39 is 11.6 Å². The summed E-state index contributed by atoms with van der Waals surface area (Å²) in [4.78, 5) is 0. The van der Waals surface area contributed by atoms with Crippen molar-refractivity contribution in [3.8, 4) is 0 Å². The van der Waals surface area contributed by atoms with Crippen molar-refractivity contribution >= 4 is 11.8 Å². The van der Waals surface area contributed by atoms with Crippen LogP contribution in [0.2, 0.25) is 0 Å². The molecule has 0 heterocycles. The van der Waals surface area contributed by atoms with Crippen LogP contribution < -0.4 is 5.32 Å². The number of thioether (sulfide) groups is 1. The van der Waals surface area contributed by atoms with Gasteiger partial charge in [0.15, 0.2) is 0 Å². The van der Waals surface area contributed by atoms with Crippen molar-refractivity contribution in [3.63, 3.8) is 0 Å². The highest BCUT2D eigenvalue weighted by Gasteiger charge is 2.19. The van der Waals surface area contributed by atoms with Crippen molar-refractivity contribution in [1.29, 1.82) is 0 Å². The van der Waals surface area contributed by atoms with E-state index in [1.165, 1.54) is 37.8 Å². The van der Waals surface area contributed by atoms with Crippen LogP contribution in [0.5, 0.6) is 0 Å². The standard InChI is InChI=1S/C16H23F2NS/c1-2-7-19-16(11-20-15-5-3-4-6-15)12-8-13(17)10-14(18)9-12/h8-10,15-16,19H,2-7,11H2,1H3. The average Bonchev–Trinajstić information content (AvgIpc) is 2.91. The van der Waals surface area contributed by atoms with Gasteiger partial charge in [-0.2, -0.15) is 11.8 Å². The molecule has 0 bridgehead atoms. The first-order valence-corrected chi connectivity index (χ1v) is 8.55. The van der Waals surface area contributed by atoms with Gasteiger partial charge in [-0.3, -0.25) is 0 Å². The van der Waals surface area contributed by atoms with E-state index in [0.29, 0.717) is 0 Å². The fourth-order valence-electron chi connectivity index (χ4n) is 2.66. The maximum Gasteiger partial charge on any atom is 0.126 e. The molecule has 1 N–H and O–H groups in total. The molecule has 1 aliphatic carbocycles. The van der Waals surface area contributed by atoms with Gasteiger partial charge in [0, 0.05) is 23.1 Å². The minimum Gasteiger partial charge on any atom is -0.309 e. The van der Waals surface area contributed by atoms with Crippen molar-refractivity contribution in [1.82, 2.24) is 5.32 Å². The Hall–Kier alpha value is -0.610. The van der Waals surface area contributed by atoms with Crippen LogP contribution in [0.4, 0.5) is 8.78 Å². The van der Waals surface area contributed by atoms with Gasteiger partial charge in [0.25, 0.3) is 0 Å². The molecule has 1 fully saturated rings. The Morgan fingerprint density at radius 2 is 1.85 bits per heavy atom. The van der Waals surface area contributed by atoms with Crippen LogP contribution in [0.25, 0.3) is 0 Å². The topological polar surface area (TPSA) is 12.0 Å². The number of halogens is 2. The second kappa shape index (κ2) is 7.99. The van der Waals surface area contributed by atoms with E-state index in [4.69, 9.17) is 0 Å². The molecule has 0 spiro atoms. The van der Waals surface area contributed by atoms with E-state index in [9.17, 15) is 8.78 Å². The summed E-state index contributed by atoms with van der Waals surface area (Å²) in [6.45, 7) is 2.97. The van der Waals surface area contributed by atoms with Crippen molar-refractivity contribution < 1.29 is 8.78 Å². The summed E-state index contributed by atoms with van der Waals surface area (Å²) in [5.74, 6) is -0.101. The summed E-state index contributed by atoms with van der Waals surface area (Å²) in [5.41, 5.74) is 0.724. The van der Waals surface area contributed by atoms with E-state index in [1.54, 1.807) is 0 Å². The van der Waals surface area contributed by atoms with Gasteiger partial charge in [-0.15, -0.1) is 0 Å². The molecule has 112 valence electrons. The molecule has 0 aromatic heterocycles. The maximum atomic E-state index is 13.4. The molecular weight excluding hydrogens is 276 g/mol. The largest absolute Gasteiger partial charge is 0.309 e. The SMILES string of the molecule is CCCNC(CSC1CCCC1)c1cc(F)cc(F)c1. The molecule has 1 aliphatic rings. The van der Waals surface area contributed by atoms with Crippen molar-refractivity contribution in [3.05, 3.63) is 35.4 Å². The minimum atomic E-state index is -0.492. The number of hydrogen-bond donors (Lipinski definition) is 1. The smallest absolute Gasteiger partial charge is 0.126 e. The van der Waals surface area contributed by atoms with Crippen LogP contribution >= 0.6 is 11.8 Å². The molecule has 1 aromatic carbocycles. The molecule has 1 atom stereocenters. The number of benzene rings is 1. The molecule has 0 saturated heterocycles. The Bertz CT molecular complexity index is 399. The lowest BCUT2D eigenvalue weighted by atomic mass is 10.1. The van der Waals surface area contributed by atoms with Crippen LogP contribution in [0.1, 0.15) is 50.6 Å². The second-order valence-electron chi connectivity index (χ2n) is 5.45. The molecular formula is C16H23F2NS. The number of rotatable bonds is 7. The van der Waals surface area contributed by atoms with Crippen LogP contribution in [0.15, 0.2) is 18.2 Å². The third-order valence-electron chi connectivity index (χ3n) is 3.73. The molecule has 4 heteroatoms. The van der Waals surface area contributed by atoms with Gasteiger partial charge >= 0.3 is 0 Å². The lowest BCUT2D eigenvalue weighted by Gasteiger charge is -2.21. The summed E-state index contributed by atoms with van der Waals surface area (Å²) >= 11 is 1.94. The normalized spacial score (nSPS) is 17.6. The van der Waals surface area contributed by atoms with E-state index in [0.717, 1.165) is 35.6 Å². The molecule has 0 amide bonds. The molecule has 1 aromatic rings. The van der Waals surface area contributed by atoms with Crippen molar-refractivity contribution in [2.45, 2.75) is 50.3 Å². The van der Waals surface area contributed by atoms with Crippen LogP contribution in [0, 0.1) is 11.6 Å². The van der Waals surface area contributed by atoms with Gasteiger partial charge in [0.2, 0.25) is 0 Å². The summed E-state index contributed by atoms with van der Waals surface area (Å²) < 4.78 is 26.8. The predicted octanol–water partition coefficient (Wildman–Crippen LogP) is 4.68. The van der Waals surface area contributed by atoms with Gasteiger partial charge in [-0.1, -0.05) is 19.8 Å². The Morgan fingerprint density at radius 3 is 2.45 bits per heavy atom.